The Labute approximate surface area is 128 Å². The largest absolute Gasteiger partial charge is 0.508 e. The van der Waals surface area contributed by atoms with Crippen molar-refractivity contribution < 1.29 is 24.4 Å². The van der Waals surface area contributed by atoms with Crippen molar-refractivity contribution in [3.05, 3.63) is 41.5 Å². The first-order chi connectivity index (χ1) is 10.6. The van der Waals surface area contributed by atoms with Gasteiger partial charge in [-0.1, -0.05) is 12.1 Å². The van der Waals surface area contributed by atoms with Crippen LogP contribution >= 0.6 is 0 Å². The number of methoxy groups -OCH3 is 2. The van der Waals surface area contributed by atoms with Crippen LogP contribution in [0.5, 0.6) is 28.7 Å². The van der Waals surface area contributed by atoms with Crippen LogP contribution in [0, 0.1) is 0 Å². The highest BCUT2D eigenvalue weighted by molar-refractivity contribution is 5.61. The third kappa shape index (κ3) is 2.39. The predicted molar refractivity (Wildman–Crippen MR) is 81.0 cm³/mol. The number of phenolic OH excluding ortho intramolecular Hbond substituents is 2. The Bertz CT molecular complexity index is 678. The molecule has 1 unspecified atom stereocenters. The molecule has 0 aromatic heterocycles. The molecule has 0 spiro atoms. The summed E-state index contributed by atoms with van der Waals surface area (Å²) < 4.78 is 16.5. The van der Waals surface area contributed by atoms with E-state index >= 15 is 0 Å². The Balaban J connectivity index is 1.97. The maximum Gasteiger partial charge on any atom is 0.201 e. The summed E-state index contributed by atoms with van der Waals surface area (Å²) in [6.07, 6.45) is 1.38. The second kappa shape index (κ2) is 5.67. The van der Waals surface area contributed by atoms with Gasteiger partial charge >= 0.3 is 0 Å². The minimum absolute atomic E-state index is 0.00423. The van der Waals surface area contributed by atoms with E-state index in [1.807, 2.05) is 12.1 Å². The highest BCUT2D eigenvalue weighted by atomic mass is 16.5. The van der Waals surface area contributed by atoms with Crippen molar-refractivity contribution in [3.8, 4) is 28.7 Å². The molecule has 2 aromatic rings. The van der Waals surface area contributed by atoms with Gasteiger partial charge in [-0.15, -0.1) is 0 Å². The number of phenols is 2. The van der Waals surface area contributed by atoms with Gasteiger partial charge in [0.2, 0.25) is 5.75 Å². The Morgan fingerprint density at radius 3 is 2.45 bits per heavy atom. The van der Waals surface area contributed by atoms with Crippen molar-refractivity contribution in [2.75, 3.05) is 14.2 Å². The highest BCUT2D eigenvalue weighted by Gasteiger charge is 2.27. The summed E-state index contributed by atoms with van der Waals surface area (Å²) in [5.74, 6) is 1.60. The van der Waals surface area contributed by atoms with E-state index in [0.29, 0.717) is 17.2 Å². The van der Waals surface area contributed by atoms with Crippen molar-refractivity contribution >= 4 is 0 Å². The molecule has 1 aliphatic rings. The molecular formula is C17H18O5. The van der Waals surface area contributed by atoms with Gasteiger partial charge in [0.25, 0.3) is 0 Å². The molecule has 1 aliphatic heterocycles. The molecule has 0 saturated heterocycles. The van der Waals surface area contributed by atoms with Gasteiger partial charge in [0.15, 0.2) is 11.5 Å². The summed E-state index contributed by atoms with van der Waals surface area (Å²) in [6.45, 7) is 0. The zero-order valence-corrected chi connectivity index (χ0v) is 12.5. The van der Waals surface area contributed by atoms with Crippen LogP contribution < -0.4 is 14.2 Å². The Kier molecular flexibility index (Phi) is 3.71. The quantitative estimate of drug-likeness (QED) is 0.911. The van der Waals surface area contributed by atoms with Crippen LogP contribution in [0.1, 0.15) is 23.7 Å². The predicted octanol–water partition coefficient (Wildman–Crippen LogP) is 3.18. The highest BCUT2D eigenvalue weighted by Crippen LogP contribution is 2.48. The molecule has 1 atom stereocenters. The van der Waals surface area contributed by atoms with Gasteiger partial charge in [0, 0.05) is 11.6 Å². The second-order valence-corrected chi connectivity index (χ2v) is 5.17. The van der Waals surface area contributed by atoms with Crippen molar-refractivity contribution in [1.29, 1.82) is 0 Å². The molecule has 22 heavy (non-hydrogen) atoms. The maximum absolute atomic E-state index is 10.1. The van der Waals surface area contributed by atoms with Gasteiger partial charge in [-0.3, -0.25) is 0 Å². The molecule has 0 radical (unpaired) electrons. The van der Waals surface area contributed by atoms with Crippen LogP contribution in [-0.4, -0.2) is 24.4 Å². The molecule has 2 aromatic carbocycles. The average Bonchev–Trinajstić information content (AvgIpc) is 2.54. The van der Waals surface area contributed by atoms with Crippen LogP contribution in [0.2, 0.25) is 0 Å². The molecule has 1 heterocycles. The second-order valence-electron chi connectivity index (χ2n) is 5.17. The lowest BCUT2D eigenvalue weighted by atomic mass is 9.96. The molecule has 0 saturated carbocycles. The van der Waals surface area contributed by atoms with Gasteiger partial charge < -0.3 is 24.4 Å². The first kappa shape index (κ1) is 14.4. The Morgan fingerprint density at radius 2 is 1.82 bits per heavy atom. The molecule has 3 rings (SSSR count). The van der Waals surface area contributed by atoms with E-state index < -0.39 is 0 Å². The third-order valence-corrected chi connectivity index (χ3v) is 3.90. The molecular weight excluding hydrogens is 284 g/mol. The fraction of sp³-hybridized carbons (Fsp3) is 0.294. The third-order valence-electron chi connectivity index (χ3n) is 3.90. The van der Waals surface area contributed by atoms with E-state index in [2.05, 4.69) is 0 Å². The normalized spacial score (nSPS) is 16.5. The van der Waals surface area contributed by atoms with E-state index in [1.54, 1.807) is 18.2 Å². The molecule has 0 amide bonds. The van der Waals surface area contributed by atoms with Crippen molar-refractivity contribution in [1.82, 2.24) is 0 Å². The average molecular weight is 302 g/mol. The number of rotatable bonds is 3. The minimum Gasteiger partial charge on any atom is -0.508 e. The van der Waals surface area contributed by atoms with Gasteiger partial charge in [-0.05, 0) is 30.5 Å². The molecule has 2 N–H and O–H groups in total. The molecule has 0 aliphatic carbocycles. The first-order valence-electron chi connectivity index (χ1n) is 7.06. The van der Waals surface area contributed by atoms with Gasteiger partial charge in [-0.25, -0.2) is 0 Å². The van der Waals surface area contributed by atoms with Crippen LogP contribution in [0.3, 0.4) is 0 Å². The smallest absolute Gasteiger partial charge is 0.201 e. The van der Waals surface area contributed by atoms with Crippen molar-refractivity contribution in [2.24, 2.45) is 0 Å². The fourth-order valence-corrected chi connectivity index (χ4v) is 2.77. The van der Waals surface area contributed by atoms with E-state index in [0.717, 1.165) is 24.0 Å². The number of fused-ring (bicyclic) bond motifs is 1. The summed E-state index contributed by atoms with van der Waals surface area (Å²) in [5.41, 5.74) is 1.84. The Morgan fingerprint density at radius 1 is 1.09 bits per heavy atom. The summed E-state index contributed by atoms with van der Waals surface area (Å²) in [5, 5.41) is 19.5. The summed E-state index contributed by atoms with van der Waals surface area (Å²) in [6, 6.07) is 8.66. The van der Waals surface area contributed by atoms with Gasteiger partial charge in [0.1, 0.15) is 17.6 Å². The van der Waals surface area contributed by atoms with Crippen LogP contribution in [-0.2, 0) is 6.42 Å². The monoisotopic (exact) mass is 302 g/mol. The van der Waals surface area contributed by atoms with E-state index in [9.17, 15) is 10.2 Å². The summed E-state index contributed by atoms with van der Waals surface area (Å²) in [4.78, 5) is 0. The molecule has 5 heteroatoms. The summed E-state index contributed by atoms with van der Waals surface area (Å²) in [7, 11) is 3.00. The minimum atomic E-state index is -0.105. The molecule has 0 fully saturated rings. The number of ether oxygens (including phenoxy) is 3. The molecule has 0 bridgehead atoms. The molecule has 5 nitrogen and oxygen atoms in total. The Hall–Kier alpha value is -2.56. The van der Waals surface area contributed by atoms with Gasteiger partial charge in [-0.2, -0.15) is 0 Å². The maximum atomic E-state index is 10.1. The zero-order valence-electron chi connectivity index (χ0n) is 12.5. The van der Waals surface area contributed by atoms with Crippen LogP contribution in [0.4, 0.5) is 0 Å². The number of aromatic hydroxyl groups is 2. The topological polar surface area (TPSA) is 68.2 Å². The summed E-state index contributed by atoms with van der Waals surface area (Å²) >= 11 is 0. The number of benzene rings is 2. The van der Waals surface area contributed by atoms with E-state index in [1.165, 1.54) is 14.2 Å². The van der Waals surface area contributed by atoms with E-state index in [-0.39, 0.29) is 17.6 Å². The lowest BCUT2D eigenvalue weighted by Crippen LogP contribution is -2.16. The number of hydrogen-bond donors (Lipinski definition) is 2. The zero-order chi connectivity index (χ0) is 15.7. The standard InChI is InChI=1S/C17H18O5/c1-20-15-9-14-12(17(21-2)16(15)19)7-8-13(22-14)10-3-5-11(18)6-4-10/h3-6,9,13,18-19H,7-8H2,1-2H3. The van der Waals surface area contributed by atoms with Crippen LogP contribution in [0.25, 0.3) is 0 Å². The lowest BCUT2D eigenvalue weighted by molar-refractivity contribution is 0.172. The SMILES string of the molecule is COc1cc2c(c(OC)c1O)CCC(c1ccc(O)cc1)O2. The fourth-order valence-electron chi connectivity index (χ4n) is 2.77. The first-order valence-corrected chi connectivity index (χ1v) is 7.06. The molecule has 116 valence electrons. The van der Waals surface area contributed by atoms with Gasteiger partial charge in [0.05, 0.1) is 14.2 Å². The van der Waals surface area contributed by atoms with Crippen molar-refractivity contribution in [2.45, 2.75) is 18.9 Å². The lowest BCUT2D eigenvalue weighted by Gasteiger charge is -2.28. The number of hydrogen-bond acceptors (Lipinski definition) is 5. The van der Waals surface area contributed by atoms with Crippen LogP contribution in [0.15, 0.2) is 30.3 Å². The van der Waals surface area contributed by atoms with Crippen molar-refractivity contribution in [3.63, 3.8) is 0 Å². The van der Waals surface area contributed by atoms with E-state index in [4.69, 9.17) is 14.2 Å².